The quantitative estimate of drug-likeness (QED) is 0.797. The average Bonchev–Trinajstić information content (AvgIpc) is 2.62. The molecule has 0 aromatic heterocycles. The monoisotopic (exact) mass is 318 g/mol. The number of nitrogens with zero attached hydrogens (tertiary/aromatic N) is 3. The summed E-state index contributed by atoms with van der Waals surface area (Å²) < 4.78 is 14.5. The number of nitrogens with one attached hydrogen (secondary N) is 1. The van der Waals surface area contributed by atoms with Crippen molar-refractivity contribution in [2.45, 2.75) is 25.2 Å². The van der Waals surface area contributed by atoms with Crippen LogP contribution < -0.4 is 0 Å². The van der Waals surface area contributed by atoms with Gasteiger partial charge in [0.05, 0.1) is 23.9 Å². The second-order valence-corrected chi connectivity index (χ2v) is 6.25. The van der Waals surface area contributed by atoms with E-state index in [1.165, 1.54) is 6.07 Å². The van der Waals surface area contributed by atoms with Crippen molar-refractivity contribution in [1.82, 2.24) is 0 Å². The van der Waals surface area contributed by atoms with E-state index in [0.29, 0.717) is 6.42 Å². The van der Waals surface area contributed by atoms with Crippen molar-refractivity contribution >= 4 is 5.71 Å². The van der Waals surface area contributed by atoms with Crippen molar-refractivity contribution in [3.63, 3.8) is 0 Å². The van der Waals surface area contributed by atoms with Crippen LogP contribution in [0.5, 0.6) is 0 Å². The molecule has 2 aliphatic rings. The second-order valence-electron chi connectivity index (χ2n) is 6.25. The van der Waals surface area contributed by atoms with Gasteiger partial charge in [0.2, 0.25) is 0 Å². The van der Waals surface area contributed by atoms with Gasteiger partial charge in [0.25, 0.3) is 0 Å². The number of hydrogen-bond acceptors (Lipinski definition) is 4. The summed E-state index contributed by atoms with van der Waals surface area (Å²) in [5, 5.41) is 37.5. The predicted octanol–water partition coefficient (Wildman–Crippen LogP) is 3.84. The predicted molar refractivity (Wildman–Crippen MR) is 85.1 cm³/mol. The minimum Gasteiger partial charge on any atom is -0.305 e. The molecular weight excluding hydrogens is 303 g/mol. The first-order chi connectivity index (χ1) is 11.6. The summed E-state index contributed by atoms with van der Waals surface area (Å²) in [6, 6.07) is 12.1. The Labute approximate surface area is 140 Å². The smallest absolute Gasteiger partial charge is 0.189 e. The fourth-order valence-electron chi connectivity index (χ4n) is 4.08. The molecule has 5 heteroatoms. The largest absolute Gasteiger partial charge is 0.305 e. The van der Waals surface area contributed by atoms with Crippen molar-refractivity contribution in [1.29, 1.82) is 21.2 Å². The fourth-order valence-corrected chi connectivity index (χ4v) is 4.08. The Balaban J connectivity index is 2.29. The van der Waals surface area contributed by atoms with Gasteiger partial charge in [0.15, 0.2) is 5.41 Å². The van der Waals surface area contributed by atoms with E-state index in [9.17, 15) is 20.2 Å². The molecule has 0 aliphatic heterocycles. The SMILES string of the molecule is N#C[C@@H]1C(=N)C(C#N)(C#N)[C@H](c2ccccc2F)[C@H]2CCCC=C12. The average molecular weight is 318 g/mol. The van der Waals surface area contributed by atoms with Gasteiger partial charge >= 0.3 is 0 Å². The molecule has 1 saturated carbocycles. The van der Waals surface area contributed by atoms with Crippen molar-refractivity contribution < 1.29 is 4.39 Å². The molecule has 0 heterocycles. The number of nitriles is 3. The molecule has 3 rings (SSSR count). The molecule has 1 N–H and O–H groups in total. The lowest BCUT2D eigenvalue weighted by molar-refractivity contribution is 0.313. The Hall–Kier alpha value is -2.97. The van der Waals surface area contributed by atoms with Gasteiger partial charge in [-0.15, -0.1) is 0 Å². The van der Waals surface area contributed by atoms with E-state index in [-0.39, 0.29) is 17.2 Å². The van der Waals surface area contributed by atoms with Crippen LogP contribution in [0, 0.1) is 62.5 Å². The molecule has 0 unspecified atom stereocenters. The molecule has 0 radical (unpaired) electrons. The molecule has 4 nitrogen and oxygen atoms in total. The van der Waals surface area contributed by atoms with Gasteiger partial charge in [0, 0.05) is 5.92 Å². The number of benzene rings is 1. The molecule has 0 bridgehead atoms. The van der Waals surface area contributed by atoms with Gasteiger partial charge in [-0.2, -0.15) is 15.8 Å². The van der Waals surface area contributed by atoms with Gasteiger partial charge in [-0.25, -0.2) is 4.39 Å². The van der Waals surface area contributed by atoms with Crippen LogP contribution in [0.2, 0.25) is 0 Å². The molecule has 1 aromatic carbocycles. The molecule has 118 valence electrons. The lowest BCUT2D eigenvalue weighted by atomic mass is 9.53. The zero-order chi connectivity index (χ0) is 17.3. The molecule has 0 saturated heterocycles. The maximum Gasteiger partial charge on any atom is 0.189 e. The summed E-state index contributed by atoms with van der Waals surface area (Å²) in [6.07, 6.45) is 4.27. The zero-order valence-electron chi connectivity index (χ0n) is 13.0. The minimum atomic E-state index is -1.82. The summed E-state index contributed by atoms with van der Waals surface area (Å²) >= 11 is 0. The van der Waals surface area contributed by atoms with E-state index in [2.05, 4.69) is 6.07 Å². The molecule has 2 aliphatic carbocycles. The van der Waals surface area contributed by atoms with E-state index in [1.54, 1.807) is 18.2 Å². The van der Waals surface area contributed by atoms with Gasteiger partial charge in [-0.1, -0.05) is 24.3 Å². The van der Waals surface area contributed by atoms with Crippen LogP contribution in [-0.2, 0) is 0 Å². The number of halogens is 1. The van der Waals surface area contributed by atoms with Crippen molar-refractivity contribution in [3.8, 4) is 18.2 Å². The molecule has 1 fully saturated rings. The van der Waals surface area contributed by atoms with Crippen LogP contribution in [0.1, 0.15) is 30.7 Å². The van der Waals surface area contributed by atoms with Gasteiger partial charge < -0.3 is 5.41 Å². The van der Waals surface area contributed by atoms with Crippen LogP contribution >= 0.6 is 0 Å². The Morgan fingerprint density at radius 1 is 1.17 bits per heavy atom. The number of hydrogen-bond donors (Lipinski definition) is 1. The summed E-state index contributed by atoms with van der Waals surface area (Å²) in [6.45, 7) is 0. The highest BCUT2D eigenvalue weighted by Crippen LogP contribution is 2.55. The minimum absolute atomic E-state index is 0.229. The second kappa shape index (κ2) is 5.91. The first-order valence-electron chi connectivity index (χ1n) is 7.86. The molecular formula is C19H15FN4. The van der Waals surface area contributed by atoms with E-state index in [0.717, 1.165) is 18.4 Å². The summed E-state index contributed by atoms with van der Waals surface area (Å²) in [5.74, 6) is -2.39. The third kappa shape index (κ3) is 2.04. The van der Waals surface area contributed by atoms with Crippen LogP contribution in [0.25, 0.3) is 0 Å². The summed E-state index contributed by atoms with van der Waals surface area (Å²) in [5.41, 5.74) is -1.00. The van der Waals surface area contributed by atoms with Crippen LogP contribution in [-0.4, -0.2) is 5.71 Å². The Morgan fingerprint density at radius 2 is 1.88 bits per heavy atom. The maximum absolute atomic E-state index is 14.5. The van der Waals surface area contributed by atoms with Gasteiger partial charge in [0.1, 0.15) is 11.7 Å². The number of fused-ring (bicyclic) bond motifs is 1. The lowest BCUT2D eigenvalue weighted by Gasteiger charge is -2.45. The Kier molecular flexibility index (Phi) is 3.92. The zero-order valence-corrected chi connectivity index (χ0v) is 13.0. The number of allylic oxidation sites excluding steroid dienone is 2. The Bertz CT molecular complexity index is 835. The third-order valence-electron chi connectivity index (χ3n) is 5.17. The van der Waals surface area contributed by atoms with Gasteiger partial charge in [-0.05, 0) is 42.4 Å². The maximum atomic E-state index is 14.5. The first-order valence-corrected chi connectivity index (χ1v) is 7.86. The van der Waals surface area contributed by atoms with E-state index < -0.39 is 23.1 Å². The molecule has 24 heavy (non-hydrogen) atoms. The molecule has 3 atom stereocenters. The third-order valence-corrected chi connectivity index (χ3v) is 5.17. The number of rotatable bonds is 1. The van der Waals surface area contributed by atoms with E-state index in [4.69, 9.17) is 5.41 Å². The van der Waals surface area contributed by atoms with Crippen molar-refractivity contribution in [2.75, 3.05) is 0 Å². The first kappa shape index (κ1) is 15.9. The highest BCUT2D eigenvalue weighted by Gasteiger charge is 2.57. The fraction of sp³-hybridized carbons (Fsp3) is 0.368. The van der Waals surface area contributed by atoms with Crippen molar-refractivity contribution in [3.05, 3.63) is 47.3 Å². The van der Waals surface area contributed by atoms with Crippen LogP contribution in [0.4, 0.5) is 4.39 Å². The lowest BCUT2D eigenvalue weighted by Crippen LogP contribution is -2.49. The van der Waals surface area contributed by atoms with E-state index in [1.807, 2.05) is 18.2 Å². The molecule has 0 spiro atoms. The van der Waals surface area contributed by atoms with E-state index >= 15 is 0 Å². The standard InChI is InChI=1S/C19H15FN4/c20-16-8-4-3-7-14(16)17-13-6-2-1-5-12(13)15(9-21)18(24)19(17,10-22)11-23/h3-5,7-8,13,15,17,24H,1-2,6H2/t13-,15-,17-/m0/s1. The van der Waals surface area contributed by atoms with Crippen LogP contribution in [0.15, 0.2) is 35.9 Å². The van der Waals surface area contributed by atoms with Crippen molar-refractivity contribution in [2.24, 2.45) is 17.3 Å². The normalized spacial score (nSPS) is 27.8. The van der Waals surface area contributed by atoms with Crippen LogP contribution in [0.3, 0.4) is 0 Å². The summed E-state index contributed by atoms with van der Waals surface area (Å²) in [7, 11) is 0. The topological polar surface area (TPSA) is 95.2 Å². The summed E-state index contributed by atoms with van der Waals surface area (Å²) in [4.78, 5) is 0. The highest BCUT2D eigenvalue weighted by atomic mass is 19.1. The van der Waals surface area contributed by atoms with Gasteiger partial charge in [-0.3, -0.25) is 0 Å². The molecule has 1 aromatic rings. The molecule has 0 amide bonds. The Morgan fingerprint density at radius 3 is 2.50 bits per heavy atom. The highest BCUT2D eigenvalue weighted by molar-refractivity contribution is 6.00.